The molecule has 4 rings (SSSR count). The molecule has 216 valence electrons. The molecule has 11 atom stereocenters. The van der Waals surface area contributed by atoms with Crippen LogP contribution in [-0.4, -0.2) is 49.2 Å². The van der Waals surface area contributed by atoms with Gasteiger partial charge in [-0.1, -0.05) is 61.1 Å². The highest BCUT2D eigenvalue weighted by Gasteiger charge is 2.46. The summed E-state index contributed by atoms with van der Waals surface area (Å²) in [6.45, 7) is 9.41. The van der Waals surface area contributed by atoms with E-state index in [2.05, 4.69) is 57.6 Å². The summed E-state index contributed by atoms with van der Waals surface area (Å²) < 4.78 is 29.8. The number of rotatable bonds is 5. The third-order valence-electron chi connectivity index (χ3n) is 8.27. The molecule has 0 spiro atoms. The summed E-state index contributed by atoms with van der Waals surface area (Å²) in [5.41, 5.74) is 2.54. The summed E-state index contributed by atoms with van der Waals surface area (Å²) in [6.07, 6.45) is 20.2. The van der Waals surface area contributed by atoms with Crippen LogP contribution in [0.5, 0.6) is 0 Å². The minimum atomic E-state index is -0.423. The quantitative estimate of drug-likeness (QED) is 0.209. The van der Waals surface area contributed by atoms with E-state index in [0.29, 0.717) is 37.2 Å². The fraction of sp³-hybridized carbons (Fsp3) is 0.645. The molecule has 2 bridgehead atoms. The Morgan fingerprint density at radius 2 is 1.97 bits per heavy atom. The standard InChI is InChI=1S/C31H46O6P2/c1-20-12-13-33-25(15-20)10-11-28(36-38)30-19-23-18-27(23)29(37-39)17-22(3)14-21(2)16-26-8-4-6-24(34-26)7-5-9-31(32)35-30/h4-6,9-12,21,23-30H,3,7-8,13-19,38-39H2,1-2H3/b9-5-,11-10+/t21-,23-,24-,25+,26-,27+,28-,29-,30-/m0/s1. The largest absolute Gasteiger partial charge is 0.456 e. The van der Waals surface area contributed by atoms with E-state index in [1.807, 2.05) is 18.2 Å². The van der Waals surface area contributed by atoms with Gasteiger partial charge in [0.05, 0.1) is 31.0 Å². The van der Waals surface area contributed by atoms with Crippen molar-refractivity contribution in [3.63, 3.8) is 0 Å². The highest BCUT2D eigenvalue weighted by atomic mass is 31.0. The Morgan fingerprint density at radius 1 is 1.13 bits per heavy atom. The minimum Gasteiger partial charge on any atom is -0.456 e. The minimum absolute atomic E-state index is 0.00296. The van der Waals surface area contributed by atoms with E-state index < -0.39 is 12.2 Å². The zero-order chi connectivity index (χ0) is 27.8. The number of hydrogen-bond acceptors (Lipinski definition) is 6. The molecule has 39 heavy (non-hydrogen) atoms. The van der Waals surface area contributed by atoms with Crippen molar-refractivity contribution in [1.29, 1.82) is 0 Å². The third kappa shape index (κ3) is 9.73. The van der Waals surface area contributed by atoms with Crippen molar-refractivity contribution in [3.05, 3.63) is 60.3 Å². The molecule has 1 fully saturated rings. The van der Waals surface area contributed by atoms with Crippen molar-refractivity contribution in [3.8, 4) is 0 Å². The predicted molar refractivity (Wildman–Crippen MR) is 161 cm³/mol. The van der Waals surface area contributed by atoms with E-state index in [-0.39, 0.29) is 30.4 Å². The molecule has 2 unspecified atom stereocenters. The normalized spacial score (nSPS) is 38.2. The fourth-order valence-electron chi connectivity index (χ4n) is 6.13. The second-order valence-electron chi connectivity index (χ2n) is 11.8. The number of esters is 1. The topological polar surface area (TPSA) is 63.2 Å². The summed E-state index contributed by atoms with van der Waals surface area (Å²) >= 11 is 0. The Hall–Kier alpha value is -1.13. The van der Waals surface area contributed by atoms with Gasteiger partial charge in [-0.25, -0.2) is 4.79 Å². The summed E-state index contributed by atoms with van der Waals surface area (Å²) in [6, 6.07) is 0. The molecule has 8 heteroatoms. The van der Waals surface area contributed by atoms with Crippen LogP contribution in [0.3, 0.4) is 0 Å². The number of fused-ring (bicyclic) bond motifs is 3. The van der Waals surface area contributed by atoms with E-state index >= 15 is 0 Å². The SMILES string of the molecule is C=C1C[C@H](C)C[C@@H]2CC=C[C@@H](C/C=C\C(=O)O[C@H]([C@H](/C=C/[C@@H]3CC(C)=CCO3)OP)C[C@@H]3C[C@H]3[C@@H](OP)C1)O2. The highest BCUT2D eigenvalue weighted by molar-refractivity contribution is 7.10. The van der Waals surface area contributed by atoms with Crippen LogP contribution in [0.15, 0.2) is 60.3 Å². The van der Waals surface area contributed by atoms with Gasteiger partial charge in [-0.05, 0) is 76.0 Å². The first-order chi connectivity index (χ1) is 18.8. The summed E-state index contributed by atoms with van der Waals surface area (Å²) in [4.78, 5) is 12.9. The lowest BCUT2D eigenvalue weighted by Crippen LogP contribution is -2.32. The van der Waals surface area contributed by atoms with Crippen LogP contribution in [0.1, 0.15) is 65.2 Å². The maximum absolute atomic E-state index is 12.9. The van der Waals surface area contributed by atoms with Gasteiger partial charge in [0.2, 0.25) is 0 Å². The molecule has 1 saturated carbocycles. The van der Waals surface area contributed by atoms with Crippen LogP contribution in [0.25, 0.3) is 0 Å². The van der Waals surface area contributed by atoms with Crippen LogP contribution >= 0.6 is 18.9 Å². The molecule has 0 aromatic carbocycles. The number of cyclic esters (lactones) is 1. The molecule has 0 aromatic heterocycles. The van der Waals surface area contributed by atoms with Crippen LogP contribution in [-0.2, 0) is 28.1 Å². The van der Waals surface area contributed by atoms with Crippen LogP contribution < -0.4 is 0 Å². The Labute approximate surface area is 239 Å². The lowest BCUT2D eigenvalue weighted by molar-refractivity contribution is -0.147. The van der Waals surface area contributed by atoms with Crippen molar-refractivity contribution in [1.82, 2.24) is 0 Å². The Bertz CT molecular complexity index is 959. The van der Waals surface area contributed by atoms with E-state index in [1.54, 1.807) is 0 Å². The first kappa shape index (κ1) is 30.8. The lowest BCUT2D eigenvalue weighted by Gasteiger charge is -2.28. The zero-order valence-corrected chi connectivity index (χ0v) is 25.7. The Balaban J connectivity index is 1.49. The maximum atomic E-state index is 12.9. The molecule has 3 aliphatic heterocycles. The number of ether oxygens (including phenoxy) is 3. The Morgan fingerprint density at radius 3 is 2.74 bits per heavy atom. The highest BCUT2D eigenvalue weighted by Crippen LogP contribution is 2.48. The summed E-state index contributed by atoms with van der Waals surface area (Å²) in [5, 5.41) is 0. The average Bonchev–Trinajstić information content (AvgIpc) is 3.66. The van der Waals surface area contributed by atoms with Crippen LogP contribution in [0, 0.1) is 17.8 Å². The van der Waals surface area contributed by atoms with Gasteiger partial charge in [0, 0.05) is 25.0 Å². The van der Waals surface area contributed by atoms with Crippen molar-refractivity contribution in [2.45, 2.75) is 102 Å². The molecule has 0 amide bonds. The lowest BCUT2D eigenvalue weighted by atomic mass is 9.90. The first-order valence-electron chi connectivity index (χ1n) is 14.4. The van der Waals surface area contributed by atoms with Gasteiger partial charge >= 0.3 is 5.97 Å². The van der Waals surface area contributed by atoms with Crippen molar-refractivity contribution in [2.75, 3.05) is 6.61 Å². The van der Waals surface area contributed by atoms with E-state index in [1.165, 1.54) is 17.2 Å². The smallest absolute Gasteiger partial charge is 0.330 e. The Kier molecular flexibility index (Phi) is 12.0. The van der Waals surface area contributed by atoms with E-state index in [4.69, 9.17) is 23.3 Å². The number of carbonyl (C=O) groups excluding carboxylic acids is 1. The number of hydrogen-bond donors (Lipinski definition) is 0. The predicted octanol–water partition coefficient (Wildman–Crippen LogP) is 6.60. The van der Waals surface area contributed by atoms with Gasteiger partial charge in [0.25, 0.3) is 0 Å². The van der Waals surface area contributed by atoms with Crippen LogP contribution in [0.2, 0.25) is 0 Å². The third-order valence-corrected chi connectivity index (χ3v) is 8.93. The molecule has 6 nitrogen and oxygen atoms in total. The molecular weight excluding hydrogens is 530 g/mol. The molecule has 0 N–H and O–H groups in total. The first-order valence-corrected chi connectivity index (χ1v) is 15.3. The van der Waals surface area contributed by atoms with Gasteiger partial charge in [0.15, 0.2) is 0 Å². The molecule has 3 heterocycles. The monoisotopic (exact) mass is 576 g/mol. The molecule has 0 aromatic rings. The fourth-order valence-corrected chi connectivity index (χ4v) is 6.69. The maximum Gasteiger partial charge on any atom is 0.330 e. The average molecular weight is 577 g/mol. The van der Waals surface area contributed by atoms with Crippen molar-refractivity contribution >= 4 is 24.9 Å². The van der Waals surface area contributed by atoms with Gasteiger partial charge in [-0.2, -0.15) is 0 Å². The van der Waals surface area contributed by atoms with Crippen LogP contribution in [0.4, 0.5) is 0 Å². The molecule has 1 aliphatic carbocycles. The number of carbonyl (C=O) groups is 1. The van der Waals surface area contributed by atoms with Crippen molar-refractivity contribution < 1.29 is 28.1 Å². The zero-order valence-electron chi connectivity index (χ0n) is 23.4. The summed E-state index contributed by atoms with van der Waals surface area (Å²) in [7, 11) is 4.81. The molecule has 0 radical (unpaired) electrons. The second kappa shape index (κ2) is 15.2. The molecule has 0 saturated heterocycles. The molecule has 4 aliphatic rings. The van der Waals surface area contributed by atoms with Gasteiger partial charge in [0.1, 0.15) is 12.2 Å². The van der Waals surface area contributed by atoms with Gasteiger partial charge < -0.3 is 23.3 Å². The van der Waals surface area contributed by atoms with Gasteiger partial charge in [-0.3, -0.25) is 0 Å². The van der Waals surface area contributed by atoms with Crippen molar-refractivity contribution in [2.24, 2.45) is 17.8 Å². The second-order valence-corrected chi connectivity index (χ2v) is 12.3. The van der Waals surface area contributed by atoms with E-state index in [9.17, 15) is 4.79 Å². The summed E-state index contributed by atoms with van der Waals surface area (Å²) in [5.74, 6) is 0.930. The van der Waals surface area contributed by atoms with E-state index in [0.717, 1.165) is 38.5 Å². The van der Waals surface area contributed by atoms with Gasteiger partial charge in [-0.15, -0.1) is 0 Å². The molecular formula is C31H46O6P2.